The number of primary amides is 1. The first-order valence-electron chi connectivity index (χ1n) is 7.53. The number of aryl methyl sites for hydroxylation is 1. The standard InChI is InChI=1S/C17H18N6O2/c1-10-9-11(7-8-12(10)15(18)24)23-16(19)21-17(22-23)20-13-5-3-4-6-14(13)25-2/h3-9H,1-2H3,(H2,18,24)(H3,19,20,21,22). The minimum Gasteiger partial charge on any atom is -0.495 e. The molecule has 8 nitrogen and oxygen atoms in total. The average Bonchev–Trinajstić information content (AvgIpc) is 2.95. The number of nitrogens with two attached hydrogens (primary N) is 2. The maximum absolute atomic E-state index is 11.3. The third-order valence-corrected chi connectivity index (χ3v) is 3.71. The molecule has 0 spiro atoms. The lowest BCUT2D eigenvalue weighted by atomic mass is 10.1. The Kier molecular flexibility index (Phi) is 4.25. The van der Waals surface area contributed by atoms with Crippen LogP contribution in [0.15, 0.2) is 42.5 Å². The number of carbonyl (C=O) groups excluding carboxylic acids is 1. The van der Waals surface area contributed by atoms with Gasteiger partial charge in [-0.2, -0.15) is 9.67 Å². The molecule has 3 aromatic rings. The molecular weight excluding hydrogens is 320 g/mol. The van der Waals surface area contributed by atoms with Gasteiger partial charge in [-0.15, -0.1) is 5.10 Å². The predicted octanol–water partition coefficient (Wildman–Crippen LogP) is 2.01. The molecule has 8 heteroatoms. The van der Waals surface area contributed by atoms with Crippen molar-refractivity contribution in [1.82, 2.24) is 14.8 Å². The maximum atomic E-state index is 11.3. The van der Waals surface area contributed by atoms with Crippen LogP contribution >= 0.6 is 0 Å². The molecular formula is C17H18N6O2. The number of hydrogen-bond donors (Lipinski definition) is 3. The molecule has 0 aliphatic rings. The second-order valence-electron chi connectivity index (χ2n) is 5.39. The van der Waals surface area contributed by atoms with Crippen LogP contribution in [-0.4, -0.2) is 27.8 Å². The predicted molar refractivity (Wildman–Crippen MR) is 95.3 cm³/mol. The lowest BCUT2D eigenvalue weighted by Crippen LogP contribution is -2.13. The quantitative estimate of drug-likeness (QED) is 0.654. The Hall–Kier alpha value is -3.55. The second kappa shape index (κ2) is 6.52. The number of aromatic nitrogens is 3. The van der Waals surface area contributed by atoms with E-state index in [9.17, 15) is 4.79 Å². The number of para-hydroxylation sites is 2. The first-order chi connectivity index (χ1) is 12.0. The highest BCUT2D eigenvalue weighted by Crippen LogP contribution is 2.26. The Balaban J connectivity index is 1.93. The molecule has 1 aromatic heterocycles. The summed E-state index contributed by atoms with van der Waals surface area (Å²) in [6, 6.07) is 12.5. The molecule has 5 N–H and O–H groups in total. The molecule has 3 rings (SSSR count). The molecule has 0 bridgehead atoms. The van der Waals surface area contributed by atoms with E-state index in [1.54, 1.807) is 32.2 Å². The number of rotatable bonds is 5. The lowest BCUT2D eigenvalue weighted by molar-refractivity contribution is 0.0999. The number of nitrogens with zero attached hydrogens (tertiary/aromatic N) is 3. The van der Waals surface area contributed by atoms with Gasteiger partial charge in [-0.25, -0.2) is 0 Å². The number of amides is 1. The third kappa shape index (κ3) is 3.23. The van der Waals surface area contributed by atoms with Crippen LogP contribution in [0.5, 0.6) is 5.75 Å². The largest absolute Gasteiger partial charge is 0.495 e. The first kappa shape index (κ1) is 16.3. The summed E-state index contributed by atoms with van der Waals surface area (Å²) in [6.07, 6.45) is 0. The zero-order valence-corrected chi connectivity index (χ0v) is 13.9. The van der Waals surface area contributed by atoms with Crippen molar-refractivity contribution in [3.8, 4) is 11.4 Å². The van der Waals surface area contributed by atoms with E-state index < -0.39 is 5.91 Å². The number of anilines is 3. The van der Waals surface area contributed by atoms with E-state index in [0.29, 0.717) is 22.9 Å². The van der Waals surface area contributed by atoms with Crippen LogP contribution in [0.25, 0.3) is 5.69 Å². The van der Waals surface area contributed by atoms with Crippen molar-refractivity contribution in [2.45, 2.75) is 6.92 Å². The fourth-order valence-corrected chi connectivity index (χ4v) is 2.49. The molecule has 0 aliphatic heterocycles. The zero-order valence-electron chi connectivity index (χ0n) is 13.9. The normalized spacial score (nSPS) is 10.5. The summed E-state index contributed by atoms with van der Waals surface area (Å²) in [6.45, 7) is 1.80. The van der Waals surface area contributed by atoms with Crippen LogP contribution < -0.4 is 21.5 Å². The highest BCUT2D eigenvalue weighted by Gasteiger charge is 2.13. The maximum Gasteiger partial charge on any atom is 0.248 e. The topological polar surface area (TPSA) is 121 Å². The molecule has 1 amide bonds. The minimum absolute atomic E-state index is 0.212. The summed E-state index contributed by atoms with van der Waals surface area (Å²) >= 11 is 0. The van der Waals surface area contributed by atoms with Gasteiger partial charge in [-0.3, -0.25) is 4.79 Å². The molecule has 2 aromatic carbocycles. The summed E-state index contributed by atoms with van der Waals surface area (Å²) in [5.41, 5.74) is 13.9. The number of methoxy groups -OCH3 is 1. The van der Waals surface area contributed by atoms with E-state index in [0.717, 1.165) is 11.3 Å². The van der Waals surface area contributed by atoms with Crippen LogP contribution in [-0.2, 0) is 0 Å². The molecule has 0 atom stereocenters. The lowest BCUT2D eigenvalue weighted by Gasteiger charge is -2.08. The van der Waals surface area contributed by atoms with E-state index in [1.807, 2.05) is 24.3 Å². The van der Waals surface area contributed by atoms with Gasteiger partial charge in [0.05, 0.1) is 18.5 Å². The Morgan fingerprint density at radius 1 is 1.24 bits per heavy atom. The fraction of sp³-hybridized carbons (Fsp3) is 0.118. The van der Waals surface area contributed by atoms with Gasteiger partial charge < -0.3 is 21.5 Å². The van der Waals surface area contributed by atoms with Crippen molar-refractivity contribution in [2.24, 2.45) is 5.73 Å². The second-order valence-corrected chi connectivity index (χ2v) is 5.39. The Labute approximate surface area is 144 Å². The van der Waals surface area contributed by atoms with E-state index in [-0.39, 0.29) is 5.95 Å². The highest BCUT2D eigenvalue weighted by molar-refractivity contribution is 5.94. The van der Waals surface area contributed by atoms with Crippen molar-refractivity contribution < 1.29 is 9.53 Å². The zero-order chi connectivity index (χ0) is 18.0. The van der Waals surface area contributed by atoms with E-state index in [4.69, 9.17) is 16.2 Å². The summed E-state index contributed by atoms with van der Waals surface area (Å²) < 4.78 is 6.77. The first-order valence-corrected chi connectivity index (χ1v) is 7.53. The fourth-order valence-electron chi connectivity index (χ4n) is 2.49. The molecule has 0 saturated heterocycles. The number of nitrogens with one attached hydrogen (secondary N) is 1. The van der Waals surface area contributed by atoms with Gasteiger partial charge in [-0.1, -0.05) is 12.1 Å². The third-order valence-electron chi connectivity index (χ3n) is 3.71. The van der Waals surface area contributed by atoms with E-state index in [1.165, 1.54) is 4.68 Å². The summed E-state index contributed by atoms with van der Waals surface area (Å²) in [5.74, 6) is 0.732. The van der Waals surface area contributed by atoms with Crippen LogP contribution in [0.3, 0.4) is 0 Å². The smallest absolute Gasteiger partial charge is 0.248 e. The molecule has 0 unspecified atom stereocenters. The average molecular weight is 338 g/mol. The van der Waals surface area contributed by atoms with E-state index in [2.05, 4.69) is 15.4 Å². The van der Waals surface area contributed by atoms with Crippen LogP contribution in [0.1, 0.15) is 15.9 Å². The van der Waals surface area contributed by atoms with Gasteiger partial charge in [0.25, 0.3) is 0 Å². The summed E-state index contributed by atoms with van der Waals surface area (Å²) in [5, 5.41) is 7.44. The molecule has 0 radical (unpaired) electrons. The molecule has 0 fully saturated rings. The highest BCUT2D eigenvalue weighted by atomic mass is 16.5. The molecule has 0 aliphatic carbocycles. The van der Waals surface area contributed by atoms with Gasteiger partial charge in [0.15, 0.2) is 0 Å². The van der Waals surface area contributed by atoms with Gasteiger partial charge in [0, 0.05) is 5.56 Å². The Morgan fingerprint density at radius 3 is 2.68 bits per heavy atom. The van der Waals surface area contributed by atoms with Gasteiger partial charge in [-0.05, 0) is 42.8 Å². The van der Waals surface area contributed by atoms with Crippen molar-refractivity contribution >= 4 is 23.5 Å². The van der Waals surface area contributed by atoms with Crippen LogP contribution in [0.2, 0.25) is 0 Å². The van der Waals surface area contributed by atoms with Crippen LogP contribution in [0.4, 0.5) is 17.6 Å². The molecule has 128 valence electrons. The van der Waals surface area contributed by atoms with Crippen molar-refractivity contribution in [1.29, 1.82) is 0 Å². The number of hydrogen-bond acceptors (Lipinski definition) is 6. The summed E-state index contributed by atoms with van der Waals surface area (Å²) in [7, 11) is 1.59. The molecule has 25 heavy (non-hydrogen) atoms. The van der Waals surface area contributed by atoms with E-state index >= 15 is 0 Å². The molecule has 0 saturated carbocycles. The SMILES string of the molecule is COc1ccccc1Nc1nc(N)n(-c2ccc(C(N)=O)c(C)c2)n1. The number of ether oxygens (including phenoxy) is 1. The van der Waals surface area contributed by atoms with Gasteiger partial charge in [0.2, 0.25) is 17.8 Å². The van der Waals surface area contributed by atoms with Crippen LogP contribution in [0, 0.1) is 6.92 Å². The minimum atomic E-state index is -0.478. The molecule has 1 heterocycles. The van der Waals surface area contributed by atoms with Crippen molar-refractivity contribution in [3.63, 3.8) is 0 Å². The Morgan fingerprint density at radius 2 is 2.00 bits per heavy atom. The number of nitrogen functional groups attached to an aromatic ring is 1. The van der Waals surface area contributed by atoms with Gasteiger partial charge >= 0.3 is 0 Å². The summed E-state index contributed by atoms with van der Waals surface area (Å²) in [4.78, 5) is 15.6. The monoisotopic (exact) mass is 338 g/mol. The van der Waals surface area contributed by atoms with Crippen molar-refractivity contribution in [3.05, 3.63) is 53.6 Å². The van der Waals surface area contributed by atoms with Gasteiger partial charge in [0.1, 0.15) is 5.75 Å². The number of carbonyl (C=O) groups is 1. The Bertz CT molecular complexity index is 935. The number of benzene rings is 2. The van der Waals surface area contributed by atoms with Crippen molar-refractivity contribution in [2.75, 3.05) is 18.2 Å².